The molecule has 2 N–H and O–H groups in total. The fraction of sp³-hybridized carbons (Fsp3) is 0.571. The van der Waals surface area contributed by atoms with E-state index in [0.717, 1.165) is 0 Å². The van der Waals surface area contributed by atoms with E-state index < -0.39 is 0 Å². The molecule has 0 aliphatic heterocycles. The summed E-state index contributed by atoms with van der Waals surface area (Å²) in [6.07, 6.45) is 3.58. The third-order valence-corrected chi connectivity index (χ3v) is 1.38. The predicted octanol–water partition coefficient (Wildman–Crippen LogP) is 1.22. The first kappa shape index (κ1) is 7.12. The van der Waals surface area contributed by atoms with Crippen LogP contribution in [0.2, 0.25) is 0 Å². The second kappa shape index (κ2) is 2.01. The molecule has 1 heterocycles. The van der Waals surface area contributed by atoms with Crippen LogP contribution in [0.1, 0.15) is 20.8 Å². The summed E-state index contributed by atoms with van der Waals surface area (Å²) in [5.41, 5.74) is 5.53. The number of anilines is 1. The topological polar surface area (TPSA) is 43.8 Å². The molecular weight excluding hydrogens is 126 g/mol. The first-order chi connectivity index (χ1) is 4.50. The lowest BCUT2D eigenvalue weighted by Gasteiger charge is -2.19. The third kappa shape index (κ3) is 1.29. The van der Waals surface area contributed by atoms with Crippen LogP contribution in [0.15, 0.2) is 12.5 Å². The molecule has 0 spiro atoms. The Hall–Kier alpha value is -0.990. The van der Waals surface area contributed by atoms with Gasteiger partial charge in [0.2, 0.25) is 0 Å². The molecule has 0 aliphatic rings. The smallest absolute Gasteiger partial charge is 0.141 e. The molecule has 0 amide bonds. The van der Waals surface area contributed by atoms with Crippen molar-refractivity contribution in [2.24, 2.45) is 0 Å². The molecule has 10 heavy (non-hydrogen) atoms. The van der Waals surface area contributed by atoms with E-state index in [0.29, 0.717) is 5.82 Å². The maximum absolute atomic E-state index is 5.44. The van der Waals surface area contributed by atoms with Crippen LogP contribution < -0.4 is 5.73 Å². The van der Waals surface area contributed by atoms with Crippen LogP contribution in [0, 0.1) is 0 Å². The monoisotopic (exact) mass is 139 g/mol. The molecule has 1 aromatic heterocycles. The molecule has 56 valence electrons. The van der Waals surface area contributed by atoms with Gasteiger partial charge in [0.05, 0.1) is 6.33 Å². The maximum Gasteiger partial charge on any atom is 0.141 e. The van der Waals surface area contributed by atoms with E-state index in [1.165, 1.54) is 0 Å². The third-order valence-electron chi connectivity index (χ3n) is 1.38. The Balaban J connectivity index is 2.96. The highest BCUT2D eigenvalue weighted by Gasteiger charge is 2.11. The zero-order valence-corrected chi connectivity index (χ0v) is 6.63. The van der Waals surface area contributed by atoms with Crippen LogP contribution in [0.25, 0.3) is 0 Å². The van der Waals surface area contributed by atoms with Crippen LogP contribution >= 0.6 is 0 Å². The molecule has 0 fully saturated rings. The van der Waals surface area contributed by atoms with Crippen LogP contribution in [0.4, 0.5) is 5.82 Å². The molecule has 0 aromatic carbocycles. The summed E-state index contributed by atoms with van der Waals surface area (Å²) < 4.78 is 1.99. The van der Waals surface area contributed by atoms with Gasteiger partial charge in [-0.05, 0) is 20.8 Å². The second-order valence-corrected chi connectivity index (χ2v) is 3.38. The Morgan fingerprint density at radius 2 is 2.10 bits per heavy atom. The molecule has 1 aromatic rings. The Morgan fingerprint density at radius 1 is 1.50 bits per heavy atom. The van der Waals surface area contributed by atoms with Crippen LogP contribution in [0.5, 0.6) is 0 Å². The average molecular weight is 139 g/mol. The lowest BCUT2D eigenvalue weighted by molar-refractivity contribution is 0.396. The molecule has 0 unspecified atom stereocenters. The van der Waals surface area contributed by atoms with E-state index in [1.807, 2.05) is 10.8 Å². The molecule has 3 nitrogen and oxygen atoms in total. The van der Waals surface area contributed by atoms with Crippen LogP contribution in [-0.2, 0) is 5.54 Å². The molecule has 0 bridgehead atoms. The van der Waals surface area contributed by atoms with Gasteiger partial charge in [-0.3, -0.25) is 0 Å². The van der Waals surface area contributed by atoms with Crippen molar-refractivity contribution in [2.75, 3.05) is 5.73 Å². The molecule has 0 atom stereocenters. The summed E-state index contributed by atoms with van der Waals surface area (Å²) in [6, 6.07) is 0. The van der Waals surface area contributed by atoms with E-state index in [9.17, 15) is 0 Å². The van der Waals surface area contributed by atoms with E-state index in [-0.39, 0.29) is 5.54 Å². The lowest BCUT2D eigenvalue weighted by Crippen LogP contribution is -2.19. The largest absolute Gasteiger partial charge is 0.382 e. The highest BCUT2D eigenvalue weighted by molar-refractivity contribution is 5.23. The Kier molecular flexibility index (Phi) is 1.43. The highest BCUT2D eigenvalue weighted by Crippen LogP contribution is 2.13. The Morgan fingerprint density at radius 3 is 2.30 bits per heavy atom. The second-order valence-electron chi connectivity index (χ2n) is 3.38. The summed E-state index contributed by atoms with van der Waals surface area (Å²) >= 11 is 0. The Labute approximate surface area is 60.9 Å². The summed E-state index contributed by atoms with van der Waals surface area (Å²) in [7, 11) is 0. The van der Waals surface area contributed by atoms with Crippen molar-refractivity contribution in [1.82, 2.24) is 9.55 Å². The van der Waals surface area contributed by atoms with E-state index in [2.05, 4.69) is 25.8 Å². The van der Waals surface area contributed by atoms with Gasteiger partial charge in [-0.25, -0.2) is 4.98 Å². The van der Waals surface area contributed by atoms with Gasteiger partial charge in [-0.1, -0.05) is 0 Å². The minimum absolute atomic E-state index is 0.0879. The van der Waals surface area contributed by atoms with Gasteiger partial charge in [0.1, 0.15) is 5.82 Å². The fourth-order valence-corrected chi connectivity index (χ4v) is 0.705. The molecule has 1 rings (SSSR count). The molecule has 0 saturated carbocycles. The first-order valence-electron chi connectivity index (χ1n) is 3.30. The van der Waals surface area contributed by atoms with Crippen molar-refractivity contribution in [1.29, 1.82) is 0 Å². The quantitative estimate of drug-likeness (QED) is 0.587. The van der Waals surface area contributed by atoms with Gasteiger partial charge in [0, 0.05) is 11.7 Å². The number of nitrogens with zero attached hydrogens (tertiary/aromatic N) is 2. The molecule has 0 aliphatic carbocycles. The van der Waals surface area contributed by atoms with Crippen molar-refractivity contribution < 1.29 is 0 Å². The first-order valence-corrected chi connectivity index (χ1v) is 3.30. The zero-order valence-electron chi connectivity index (χ0n) is 6.63. The number of hydrogen-bond acceptors (Lipinski definition) is 2. The number of imidazole rings is 1. The zero-order chi connectivity index (χ0) is 7.78. The number of nitrogens with two attached hydrogens (primary N) is 1. The number of rotatable bonds is 0. The van der Waals surface area contributed by atoms with Crippen molar-refractivity contribution >= 4 is 5.82 Å². The highest BCUT2D eigenvalue weighted by atomic mass is 15.1. The SMILES string of the molecule is CC(C)(C)n1cnc(N)c1. The maximum atomic E-state index is 5.44. The predicted molar refractivity (Wildman–Crippen MR) is 41.6 cm³/mol. The van der Waals surface area contributed by atoms with Crippen molar-refractivity contribution in [3.05, 3.63) is 12.5 Å². The van der Waals surface area contributed by atoms with Crippen LogP contribution in [0.3, 0.4) is 0 Å². The molecule has 0 saturated heterocycles. The standard InChI is InChI=1S/C7H13N3/c1-7(2,3)10-4-6(8)9-5-10/h4-5H,8H2,1-3H3. The van der Waals surface area contributed by atoms with Gasteiger partial charge in [-0.2, -0.15) is 0 Å². The minimum atomic E-state index is 0.0879. The summed E-state index contributed by atoms with van der Waals surface area (Å²) in [5, 5.41) is 0. The van der Waals surface area contributed by atoms with Gasteiger partial charge < -0.3 is 10.3 Å². The molecule has 0 radical (unpaired) electrons. The minimum Gasteiger partial charge on any atom is -0.382 e. The fourth-order valence-electron chi connectivity index (χ4n) is 0.705. The number of nitrogen functional groups attached to an aromatic ring is 1. The Bertz CT molecular complexity index is 219. The van der Waals surface area contributed by atoms with Gasteiger partial charge in [0.15, 0.2) is 0 Å². The van der Waals surface area contributed by atoms with E-state index in [1.54, 1.807) is 6.33 Å². The number of aromatic nitrogens is 2. The summed E-state index contributed by atoms with van der Waals surface area (Å²) in [6.45, 7) is 6.32. The lowest BCUT2D eigenvalue weighted by atomic mass is 10.1. The summed E-state index contributed by atoms with van der Waals surface area (Å²) in [4.78, 5) is 3.92. The number of hydrogen-bond donors (Lipinski definition) is 1. The van der Waals surface area contributed by atoms with Gasteiger partial charge in [-0.15, -0.1) is 0 Å². The van der Waals surface area contributed by atoms with E-state index in [4.69, 9.17) is 5.73 Å². The molecule has 3 heteroatoms. The van der Waals surface area contributed by atoms with Crippen molar-refractivity contribution in [3.63, 3.8) is 0 Å². The van der Waals surface area contributed by atoms with Crippen LogP contribution in [-0.4, -0.2) is 9.55 Å². The van der Waals surface area contributed by atoms with Gasteiger partial charge in [0.25, 0.3) is 0 Å². The summed E-state index contributed by atoms with van der Waals surface area (Å²) in [5.74, 6) is 0.579. The normalized spacial score (nSPS) is 11.9. The van der Waals surface area contributed by atoms with Crippen molar-refractivity contribution in [2.45, 2.75) is 26.3 Å². The van der Waals surface area contributed by atoms with Crippen molar-refractivity contribution in [3.8, 4) is 0 Å². The molecular formula is C7H13N3. The average Bonchev–Trinajstić information content (AvgIpc) is 2.11. The van der Waals surface area contributed by atoms with E-state index >= 15 is 0 Å². The van der Waals surface area contributed by atoms with Gasteiger partial charge >= 0.3 is 0 Å².